The number of anilines is 1. The molecule has 20 heavy (non-hydrogen) atoms. The van der Waals surface area contributed by atoms with E-state index in [0.717, 1.165) is 0 Å². The van der Waals surface area contributed by atoms with Gasteiger partial charge in [-0.05, 0) is 18.2 Å². The van der Waals surface area contributed by atoms with Crippen LogP contribution in [0.3, 0.4) is 0 Å². The Hall–Kier alpha value is -1.59. The molecule has 1 aromatic carbocycles. The summed E-state index contributed by atoms with van der Waals surface area (Å²) < 4.78 is 40.4. The van der Waals surface area contributed by atoms with Gasteiger partial charge < -0.3 is 10.1 Å². The number of carbonyl (C=O) groups is 1. The number of rotatable bonds is 5. The largest absolute Gasteiger partial charge is 0.411 e. The van der Waals surface area contributed by atoms with Crippen molar-refractivity contribution >= 4 is 27.5 Å². The van der Waals surface area contributed by atoms with E-state index in [1.165, 1.54) is 12.1 Å². The second kappa shape index (κ2) is 7.26. The van der Waals surface area contributed by atoms with Crippen molar-refractivity contribution in [3.8, 4) is 6.07 Å². The summed E-state index contributed by atoms with van der Waals surface area (Å²) in [5, 5.41) is 11.3. The number of nitrogens with zero attached hydrogens (tertiary/aromatic N) is 1. The molecule has 0 atom stereocenters. The highest BCUT2D eigenvalue weighted by Gasteiger charge is 2.27. The minimum atomic E-state index is -4.41. The van der Waals surface area contributed by atoms with E-state index in [1.807, 2.05) is 6.07 Å². The van der Waals surface area contributed by atoms with Crippen molar-refractivity contribution in [2.75, 3.05) is 18.5 Å². The van der Waals surface area contributed by atoms with E-state index >= 15 is 0 Å². The predicted molar refractivity (Wildman–Crippen MR) is 69.0 cm³/mol. The van der Waals surface area contributed by atoms with Crippen molar-refractivity contribution in [1.82, 2.24) is 0 Å². The summed E-state index contributed by atoms with van der Waals surface area (Å²) in [6.07, 6.45) is -4.64. The van der Waals surface area contributed by atoms with Crippen molar-refractivity contribution in [1.29, 1.82) is 5.26 Å². The molecule has 1 amide bonds. The second-order valence-electron chi connectivity index (χ2n) is 3.77. The third kappa shape index (κ3) is 6.04. The molecule has 4 nitrogen and oxygen atoms in total. The fourth-order valence-corrected chi connectivity index (χ4v) is 1.64. The summed E-state index contributed by atoms with van der Waals surface area (Å²) in [5.41, 5.74) is 0.556. The van der Waals surface area contributed by atoms with Crippen molar-refractivity contribution in [2.24, 2.45) is 0 Å². The molecule has 0 aromatic heterocycles. The molecule has 1 N–H and O–H groups in total. The molecule has 0 saturated carbocycles. The molecule has 1 aromatic rings. The van der Waals surface area contributed by atoms with Crippen LogP contribution in [-0.4, -0.2) is 25.3 Å². The van der Waals surface area contributed by atoms with Crippen LogP contribution >= 0.6 is 15.9 Å². The third-order valence-corrected chi connectivity index (χ3v) is 2.61. The van der Waals surface area contributed by atoms with Crippen molar-refractivity contribution in [3.05, 3.63) is 28.2 Å². The van der Waals surface area contributed by atoms with Gasteiger partial charge in [0.25, 0.3) is 0 Å². The molecule has 0 aliphatic heterocycles. The van der Waals surface area contributed by atoms with Gasteiger partial charge in [-0.1, -0.05) is 15.9 Å². The first kappa shape index (κ1) is 16.5. The lowest BCUT2D eigenvalue weighted by molar-refractivity contribution is -0.174. The van der Waals surface area contributed by atoms with Gasteiger partial charge >= 0.3 is 6.18 Å². The summed E-state index contributed by atoms with van der Waals surface area (Å²) in [4.78, 5) is 11.5. The fraction of sp³-hybridized carbons (Fsp3) is 0.333. The SMILES string of the molecule is N#Cc1ccc(Br)cc1NC(=O)CCOCC(F)(F)F. The van der Waals surface area contributed by atoms with E-state index in [9.17, 15) is 18.0 Å². The normalized spacial score (nSPS) is 10.9. The van der Waals surface area contributed by atoms with Gasteiger partial charge in [-0.2, -0.15) is 18.4 Å². The average Bonchev–Trinajstić information content (AvgIpc) is 2.34. The summed E-state index contributed by atoms with van der Waals surface area (Å²) in [7, 11) is 0. The Balaban J connectivity index is 2.47. The maximum absolute atomic E-state index is 11.8. The quantitative estimate of drug-likeness (QED) is 0.829. The number of nitrogens with one attached hydrogen (secondary N) is 1. The standard InChI is InChI=1S/C12H10BrF3N2O2/c13-9-2-1-8(6-17)10(5-9)18-11(19)3-4-20-7-12(14,15)16/h1-2,5H,3-4,7H2,(H,18,19). The van der Waals surface area contributed by atoms with Crippen molar-refractivity contribution < 1.29 is 22.7 Å². The zero-order chi connectivity index (χ0) is 15.2. The van der Waals surface area contributed by atoms with Crippen molar-refractivity contribution in [3.63, 3.8) is 0 Å². The molecule has 0 aliphatic rings. The summed E-state index contributed by atoms with van der Waals surface area (Å²) >= 11 is 3.19. The molecule has 0 heterocycles. The van der Waals surface area contributed by atoms with Gasteiger partial charge in [0, 0.05) is 4.47 Å². The molecule has 0 unspecified atom stereocenters. The third-order valence-electron chi connectivity index (χ3n) is 2.12. The van der Waals surface area contributed by atoms with Crippen LogP contribution in [0.2, 0.25) is 0 Å². The number of halogens is 4. The minimum absolute atomic E-state index is 0.229. The molecule has 0 aliphatic carbocycles. The molecule has 0 saturated heterocycles. The monoisotopic (exact) mass is 350 g/mol. The zero-order valence-corrected chi connectivity index (χ0v) is 11.7. The van der Waals surface area contributed by atoms with Crippen LogP contribution in [0.4, 0.5) is 18.9 Å². The van der Waals surface area contributed by atoms with Gasteiger partial charge in [0.1, 0.15) is 12.7 Å². The van der Waals surface area contributed by atoms with E-state index in [1.54, 1.807) is 6.07 Å². The number of hydrogen-bond acceptors (Lipinski definition) is 3. The lowest BCUT2D eigenvalue weighted by Gasteiger charge is -2.09. The van der Waals surface area contributed by atoms with Crippen LogP contribution in [0.1, 0.15) is 12.0 Å². The van der Waals surface area contributed by atoms with Crippen molar-refractivity contribution in [2.45, 2.75) is 12.6 Å². The first-order chi connectivity index (χ1) is 9.31. The first-order valence-corrected chi connectivity index (χ1v) is 6.25. The number of nitriles is 1. The van der Waals surface area contributed by atoms with Gasteiger partial charge in [0.2, 0.25) is 5.91 Å². The molecule has 1 rings (SSSR count). The Kier molecular flexibility index (Phi) is 5.98. The zero-order valence-electron chi connectivity index (χ0n) is 10.1. The highest BCUT2D eigenvalue weighted by molar-refractivity contribution is 9.10. The Labute approximate surface area is 121 Å². The number of carbonyl (C=O) groups excluding carboxylic acids is 1. The fourth-order valence-electron chi connectivity index (χ4n) is 1.28. The molecule has 108 valence electrons. The number of ether oxygens (including phenoxy) is 1. The van der Waals surface area contributed by atoms with E-state index in [4.69, 9.17) is 5.26 Å². The molecule has 0 radical (unpaired) electrons. The molecule has 0 bridgehead atoms. The minimum Gasteiger partial charge on any atom is -0.372 e. The van der Waals surface area contributed by atoms with Crippen LogP contribution in [0.5, 0.6) is 0 Å². The van der Waals surface area contributed by atoms with E-state index in [2.05, 4.69) is 26.0 Å². The lowest BCUT2D eigenvalue weighted by atomic mass is 10.2. The Morgan fingerprint density at radius 3 is 2.75 bits per heavy atom. The van der Waals surface area contributed by atoms with Crippen LogP contribution in [-0.2, 0) is 9.53 Å². The predicted octanol–water partition coefficient (Wildman–Crippen LogP) is 3.23. The van der Waals surface area contributed by atoms with Gasteiger partial charge in [-0.25, -0.2) is 0 Å². The molecule has 0 spiro atoms. The lowest BCUT2D eigenvalue weighted by Crippen LogP contribution is -2.20. The van der Waals surface area contributed by atoms with Crippen LogP contribution in [0.15, 0.2) is 22.7 Å². The van der Waals surface area contributed by atoms with Gasteiger partial charge in [-0.3, -0.25) is 4.79 Å². The van der Waals surface area contributed by atoms with Gasteiger partial charge in [-0.15, -0.1) is 0 Å². The van der Waals surface area contributed by atoms with Gasteiger partial charge in [0.05, 0.1) is 24.3 Å². The second-order valence-corrected chi connectivity index (χ2v) is 4.68. The van der Waals surface area contributed by atoms with Crippen LogP contribution in [0.25, 0.3) is 0 Å². The average molecular weight is 351 g/mol. The number of amides is 1. The molecule has 0 fully saturated rings. The summed E-state index contributed by atoms with van der Waals surface area (Å²) in [6.45, 7) is -1.73. The topological polar surface area (TPSA) is 62.1 Å². The molecular weight excluding hydrogens is 341 g/mol. The maximum atomic E-state index is 11.8. The van der Waals surface area contributed by atoms with E-state index in [-0.39, 0.29) is 18.6 Å². The Bertz CT molecular complexity index is 526. The summed E-state index contributed by atoms with van der Waals surface area (Å²) in [5.74, 6) is -0.526. The first-order valence-electron chi connectivity index (χ1n) is 5.46. The number of alkyl halides is 3. The summed E-state index contributed by atoms with van der Waals surface area (Å²) in [6, 6.07) is 6.59. The molecular formula is C12H10BrF3N2O2. The van der Waals surface area contributed by atoms with E-state index < -0.39 is 18.7 Å². The van der Waals surface area contributed by atoms with Crippen LogP contribution in [0, 0.1) is 11.3 Å². The van der Waals surface area contributed by atoms with E-state index in [0.29, 0.717) is 10.2 Å². The smallest absolute Gasteiger partial charge is 0.372 e. The Morgan fingerprint density at radius 2 is 2.15 bits per heavy atom. The van der Waals surface area contributed by atoms with Crippen LogP contribution < -0.4 is 5.32 Å². The Morgan fingerprint density at radius 1 is 1.45 bits per heavy atom. The van der Waals surface area contributed by atoms with Gasteiger partial charge in [0.15, 0.2) is 0 Å². The molecule has 8 heteroatoms. The number of hydrogen-bond donors (Lipinski definition) is 1. The highest BCUT2D eigenvalue weighted by Crippen LogP contribution is 2.21. The highest BCUT2D eigenvalue weighted by atomic mass is 79.9. The number of benzene rings is 1. The maximum Gasteiger partial charge on any atom is 0.411 e.